The number of anilines is 1. The second-order valence-corrected chi connectivity index (χ2v) is 6.83. The van der Waals surface area contributed by atoms with Gasteiger partial charge in [-0.3, -0.25) is 19.7 Å². The fourth-order valence-electron chi connectivity index (χ4n) is 2.50. The van der Waals surface area contributed by atoms with Gasteiger partial charge in [0.05, 0.1) is 11.3 Å². The lowest BCUT2D eigenvalue weighted by Gasteiger charge is -2.16. The highest BCUT2D eigenvalue weighted by Gasteiger charge is 2.34. The van der Waals surface area contributed by atoms with E-state index in [1.54, 1.807) is 0 Å². The van der Waals surface area contributed by atoms with Crippen molar-refractivity contribution in [1.82, 2.24) is 14.8 Å². The number of alkyl halides is 3. The monoisotopic (exact) mass is 422 g/mol. The van der Waals surface area contributed by atoms with Crippen LogP contribution in [0.5, 0.6) is 0 Å². The number of benzene rings is 1. The molecule has 0 atom stereocenters. The largest absolute Gasteiger partial charge is 0.418 e. The average molecular weight is 422 g/mol. The lowest BCUT2D eigenvalue weighted by atomic mass is 10.1. The molecule has 3 rings (SSSR count). The van der Waals surface area contributed by atoms with E-state index < -0.39 is 28.8 Å². The van der Waals surface area contributed by atoms with Crippen molar-refractivity contribution in [2.75, 3.05) is 5.32 Å². The van der Waals surface area contributed by atoms with Crippen LogP contribution in [0.4, 0.5) is 18.3 Å². The average Bonchev–Trinajstić information content (AvgIpc) is 3.10. The molecule has 150 valence electrons. The van der Waals surface area contributed by atoms with Gasteiger partial charge in [-0.1, -0.05) is 12.1 Å². The Labute approximate surface area is 165 Å². The van der Waals surface area contributed by atoms with E-state index in [4.69, 9.17) is 0 Å². The molecule has 1 aromatic carbocycles. The molecule has 0 aliphatic heterocycles. The minimum Gasteiger partial charge on any atom is -0.296 e. The van der Waals surface area contributed by atoms with Gasteiger partial charge in [-0.05, 0) is 19.1 Å². The van der Waals surface area contributed by atoms with Crippen LogP contribution in [0.3, 0.4) is 0 Å². The summed E-state index contributed by atoms with van der Waals surface area (Å²) in [5, 5.41) is 7.68. The summed E-state index contributed by atoms with van der Waals surface area (Å²) < 4.78 is 40.9. The second kappa shape index (κ2) is 7.59. The molecular formula is C18H13F3N4O3S. The minimum absolute atomic E-state index is 0.0595. The minimum atomic E-state index is -4.65. The third-order valence-corrected chi connectivity index (χ3v) is 4.60. The number of nitrogens with one attached hydrogen (secondary N) is 1. The molecular weight excluding hydrogens is 409 g/mol. The molecule has 1 N–H and O–H groups in total. The molecule has 7 nitrogen and oxygen atoms in total. The number of para-hydroxylation sites is 1. The molecule has 11 heteroatoms. The Bertz CT molecular complexity index is 1170. The molecule has 2 aromatic heterocycles. The van der Waals surface area contributed by atoms with Gasteiger partial charge in [-0.2, -0.15) is 18.3 Å². The van der Waals surface area contributed by atoms with Crippen LogP contribution in [0, 0.1) is 6.92 Å². The van der Waals surface area contributed by atoms with Gasteiger partial charge in [0.1, 0.15) is 5.69 Å². The number of rotatable bonds is 4. The quantitative estimate of drug-likeness (QED) is 0.650. The number of carbonyl (C=O) groups excluding carboxylic acids is 2. The van der Waals surface area contributed by atoms with Crippen molar-refractivity contribution < 1.29 is 22.8 Å². The number of aromatic nitrogens is 3. The third kappa shape index (κ3) is 4.24. The summed E-state index contributed by atoms with van der Waals surface area (Å²) in [5.74, 6) is -1.25. The first-order valence-corrected chi connectivity index (χ1v) is 9.01. The van der Waals surface area contributed by atoms with Crippen molar-refractivity contribution in [2.45, 2.75) is 20.0 Å². The number of thiazole rings is 1. The standard InChI is InChI=1S/C18H13F3N4O3S/c1-9-7-14(27)15(16(28)23-17-22-12(8-29-17)10(2)26)24-25(9)13-6-4-3-5-11(13)18(19,20)21/h3-8H,1-2H3,(H,22,23,28). The molecule has 0 aliphatic rings. The van der Waals surface area contributed by atoms with E-state index >= 15 is 0 Å². The smallest absolute Gasteiger partial charge is 0.296 e. The first kappa shape index (κ1) is 20.4. The number of carbonyl (C=O) groups is 2. The molecule has 0 fully saturated rings. The van der Waals surface area contributed by atoms with E-state index in [0.717, 1.165) is 28.2 Å². The number of amides is 1. The van der Waals surface area contributed by atoms with Gasteiger partial charge in [-0.25, -0.2) is 9.67 Å². The fourth-order valence-corrected chi connectivity index (χ4v) is 3.24. The summed E-state index contributed by atoms with van der Waals surface area (Å²) in [5.41, 5.74) is -2.39. The molecule has 0 spiro atoms. The number of Topliss-reactive ketones (excluding diaryl/α,β-unsaturated/α-hetero) is 1. The first-order valence-electron chi connectivity index (χ1n) is 8.13. The zero-order chi connectivity index (χ0) is 21.3. The highest BCUT2D eigenvalue weighted by atomic mass is 32.1. The summed E-state index contributed by atoms with van der Waals surface area (Å²) in [6.45, 7) is 2.71. The summed E-state index contributed by atoms with van der Waals surface area (Å²) >= 11 is 0.967. The van der Waals surface area contributed by atoms with Crippen molar-refractivity contribution in [3.63, 3.8) is 0 Å². The Morgan fingerprint density at radius 3 is 2.52 bits per heavy atom. The van der Waals surface area contributed by atoms with E-state index in [1.165, 1.54) is 37.4 Å². The highest BCUT2D eigenvalue weighted by Crippen LogP contribution is 2.33. The number of hydrogen-bond acceptors (Lipinski definition) is 6. The van der Waals surface area contributed by atoms with Gasteiger partial charge < -0.3 is 0 Å². The van der Waals surface area contributed by atoms with E-state index in [2.05, 4.69) is 15.4 Å². The summed E-state index contributed by atoms with van der Waals surface area (Å²) in [4.78, 5) is 39.9. The molecule has 0 bridgehead atoms. The lowest BCUT2D eigenvalue weighted by Crippen LogP contribution is -2.27. The van der Waals surface area contributed by atoms with Crippen molar-refractivity contribution in [2.24, 2.45) is 0 Å². The third-order valence-electron chi connectivity index (χ3n) is 3.85. The lowest BCUT2D eigenvalue weighted by molar-refractivity contribution is -0.137. The molecule has 0 aliphatic carbocycles. The molecule has 0 radical (unpaired) electrons. The zero-order valence-corrected chi connectivity index (χ0v) is 15.9. The van der Waals surface area contributed by atoms with Crippen LogP contribution in [0.15, 0.2) is 40.5 Å². The van der Waals surface area contributed by atoms with Crippen molar-refractivity contribution in [1.29, 1.82) is 0 Å². The van der Waals surface area contributed by atoms with Crippen LogP contribution in [-0.4, -0.2) is 26.5 Å². The van der Waals surface area contributed by atoms with Crippen LogP contribution >= 0.6 is 11.3 Å². The number of hydrogen-bond donors (Lipinski definition) is 1. The van der Waals surface area contributed by atoms with Gasteiger partial charge >= 0.3 is 6.18 Å². The van der Waals surface area contributed by atoms with Crippen LogP contribution in [-0.2, 0) is 6.18 Å². The van der Waals surface area contributed by atoms with E-state index in [0.29, 0.717) is 0 Å². The highest BCUT2D eigenvalue weighted by molar-refractivity contribution is 7.14. The molecule has 2 heterocycles. The second-order valence-electron chi connectivity index (χ2n) is 5.97. The summed E-state index contributed by atoms with van der Waals surface area (Å²) in [6, 6.07) is 5.72. The van der Waals surface area contributed by atoms with Crippen LogP contribution in [0.25, 0.3) is 5.69 Å². The molecule has 29 heavy (non-hydrogen) atoms. The van der Waals surface area contributed by atoms with Crippen LogP contribution in [0.2, 0.25) is 0 Å². The number of aryl methyl sites for hydroxylation is 1. The molecule has 0 unspecified atom stereocenters. The normalized spacial score (nSPS) is 11.3. The SMILES string of the molecule is CC(=O)c1csc(NC(=O)c2nn(-c3ccccc3C(F)(F)F)c(C)cc2=O)n1. The van der Waals surface area contributed by atoms with E-state index in [1.807, 2.05) is 0 Å². The van der Waals surface area contributed by atoms with Crippen molar-refractivity contribution in [3.8, 4) is 5.69 Å². The Balaban J connectivity index is 2.04. The predicted molar refractivity (Wildman–Crippen MR) is 99.6 cm³/mol. The molecule has 3 aromatic rings. The van der Waals surface area contributed by atoms with Gasteiger partial charge in [0.25, 0.3) is 5.91 Å². The van der Waals surface area contributed by atoms with Gasteiger partial charge in [0.2, 0.25) is 5.43 Å². The molecule has 0 saturated heterocycles. The van der Waals surface area contributed by atoms with E-state index in [-0.39, 0.29) is 28.0 Å². The maximum Gasteiger partial charge on any atom is 0.418 e. The summed E-state index contributed by atoms with van der Waals surface area (Å²) in [6.07, 6.45) is -4.65. The Morgan fingerprint density at radius 2 is 1.90 bits per heavy atom. The number of nitrogens with zero attached hydrogens (tertiary/aromatic N) is 3. The maximum atomic E-state index is 13.3. The van der Waals surface area contributed by atoms with Gasteiger partial charge in [0.15, 0.2) is 16.6 Å². The Hall–Kier alpha value is -3.34. The topological polar surface area (TPSA) is 94.0 Å². The van der Waals surface area contributed by atoms with Gasteiger partial charge in [-0.15, -0.1) is 11.3 Å². The van der Waals surface area contributed by atoms with Crippen LogP contribution in [0.1, 0.15) is 39.2 Å². The number of halogens is 3. The van der Waals surface area contributed by atoms with Crippen molar-refractivity contribution in [3.05, 3.63) is 68.6 Å². The van der Waals surface area contributed by atoms with Gasteiger partial charge in [0, 0.05) is 24.1 Å². The van der Waals surface area contributed by atoms with E-state index in [9.17, 15) is 27.6 Å². The molecule has 1 amide bonds. The van der Waals surface area contributed by atoms with Crippen LogP contribution < -0.4 is 10.7 Å². The maximum absolute atomic E-state index is 13.3. The summed E-state index contributed by atoms with van der Waals surface area (Å²) in [7, 11) is 0. The van der Waals surface area contributed by atoms with Crippen molar-refractivity contribution >= 4 is 28.2 Å². The number of ketones is 1. The fraction of sp³-hybridized carbons (Fsp3) is 0.167. The Morgan fingerprint density at radius 1 is 1.21 bits per heavy atom. The predicted octanol–water partition coefficient (Wildman–Crippen LogP) is 3.47. The first-order chi connectivity index (χ1) is 13.6. The Kier molecular flexibility index (Phi) is 5.33. The zero-order valence-electron chi connectivity index (χ0n) is 15.1. The molecule has 0 saturated carbocycles.